The third-order valence-electron chi connectivity index (χ3n) is 5.39. The number of aromatic nitrogens is 3. The monoisotopic (exact) mass is 369 g/mol. The first-order valence-corrected chi connectivity index (χ1v) is 9.38. The number of hydrogen-bond donors (Lipinski definition) is 0. The van der Waals surface area contributed by atoms with E-state index in [1.165, 1.54) is 15.1 Å². The Bertz CT molecular complexity index is 779. The summed E-state index contributed by atoms with van der Waals surface area (Å²) in [6, 6.07) is 10.8. The summed E-state index contributed by atoms with van der Waals surface area (Å²) in [4.78, 5) is 27.8. The number of likely N-dealkylation sites (N-methyl/N-ethyl adjacent to an activating group) is 1. The van der Waals surface area contributed by atoms with Crippen LogP contribution < -0.4 is 0 Å². The normalized spacial score (nSPS) is 19.5. The zero-order valence-corrected chi connectivity index (χ0v) is 16.2. The van der Waals surface area contributed by atoms with Gasteiger partial charge in [-0.2, -0.15) is 0 Å². The van der Waals surface area contributed by atoms with Crippen LogP contribution in [0.4, 0.5) is 0 Å². The Labute approximate surface area is 160 Å². The lowest BCUT2D eigenvalue weighted by Gasteiger charge is -2.34. The molecule has 0 bridgehead atoms. The molecule has 7 nitrogen and oxygen atoms in total. The molecule has 0 N–H and O–H groups in total. The summed E-state index contributed by atoms with van der Waals surface area (Å²) < 4.78 is 1.41. The maximum atomic E-state index is 12.7. The quantitative estimate of drug-likeness (QED) is 0.810. The van der Waals surface area contributed by atoms with Crippen LogP contribution in [0.25, 0.3) is 0 Å². The summed E-state index contributed by atoms with van der Waals surface area (Å²) in [5.74, 6) is 0.345. The summed E-state index contributed by atoms with van der Waals surface area (Å²) in [6.45, 7) is 0.0825. The Morgan fingerprint density at radius 2 is 1.74 bits per heavy atom. The molecule has 0 atom stereocenters. The minimum Gasteiger partial charge on any atom is -0.347 e. The first kappa shape index (κ1) is 19.1. The fraction of sp³-hybridized carbons (Fsp3) is 0.500. The highest BCUT2D eigenvalue weighted by Crippen LogP contribution is 2.34. The van der Waals surface area contributed by atoms with Crippen LogP contribution in [0, 0.1) is 0 Å². The van der Waals surface area contributed by atoms with Gasteiger partial charge in [-0.25, -0.2) is 4.68 Å². The molecular weight excluding hydrogens is 342 g/mol. The number of hydrogen-bond acceptors (Lipinski definition) is 4. The van der Waals surface area contributed by atoms with Crippen LogP contribution in [0.2, 0.25) is 0 Å². The highest BCUT2D eigenvalue weighted by molar-refractivity contribution is 5.92. The minimum atomic E-state index is -0.137. The van der Waals surface area contributed by atoms with Gasteiger partial charge in [0.15, 0.2) is 5.69 Å². The molecule has 27 heavy (non-hydrogen) atoms. The van der Waals surface area contributed by atoms with Crippen molar-refractivity contribution in [2.45, 2.75) is 44.2 Å². The SMILES string of the molecule is CN(C)C(=O)Cn1cc(C(=O)N(C)C2CCC(c3ccccc3)CC2)nn1. The molecule has 7 heteroatoms. The third-order valence-corrected chi connectivity index (χ3v) is 5.39. The van der Waals surface area contributed by atoms with Gasteiger partial charge >= 0.3 is 0 Å². The molecule has 1 heterocycles. The Kier molecular flexibility index (Phi) is 5.88. The van der Waals surface area contributed by atoms with Gasteiger partial charge in [-0.15, -0.1) is 5.10 Å². The molecule has 1 aromatic carbocycles. The van der Waals surface area contributed by atoms with Crippen LogP contribution in [0.1, 0.15) is 47.7 Å². The van der Waals surface area contributed by atoms with E-state index in [2.05, 4.69) is 34.6 Å². The number of carbonyl (C=O) groups is 2. The number of carbonyl (C=O) groups excluding carboxylic acids is 2. The molecule has 1 aliphatic carbocycles. The number of benzene rings is 1. The van der Waals surface area contributed by atoms with Gasteiger partial charge in [0.2, 0.25) is 5.91 Å². The molecule has 0 unspecified atom stereocenters. The molecule has 1 saturated carbocycles. The molecule has 144 valence electrons. The molecule has 3 rings (SSSR count). The topological polar surface area (TPSA) is 71.3 Å². The molecule has 2 aromatic rings. The summed E-state index contributed by atoms with van der Waals surface area (Å²) >= 11 is 0. The molecule has 1 aliphatic rings. The largest absolute Gasteiger partial charge is 0.347 e. The lowest BCUT2D eigenvalue weighted by molar-refractivity contribution is -0.129. The van der Waals surface area contributed by atoms with E-state index in [0.29, 0.717) is 5.92 Å². The zero-order chi connectivity index (χ0) is 19.4. The van der Waals surface area contributed by atoms with E-state index in [1.54, 1.807) is 25.2 Å². The summed E-state index contributed by atoms with van der Waals surface area (Å²) in [5.41, 5.74) is 1.67. The highest BCUT2D eigenvalue weighted by Gasteiger charge is 2.28. The second kappa shape index (κ2) is 8.33. The molecular formula is C20H27N5O2. The van der Waals surface area contributed by atoms with Crippen LogP contribution in [0.15, 0.2) is 36.5 Å². The van der Waals surface area contributed by atoms with Crippen molar-refractivity contribution in [3.63, 3.8) is 0 Å². The van der Waals surface area contributed by atoms with Gasteiger partial charge in [0, 0.05) is 27.2 Å². The van der Waals surface area contributed by atoms with E-state index in [4.69, 9.17) is 0 Å². The van der Waals surface area contributed by atoms with Crippen LogP contribution in [-0.4, -0.2) is 63.8 Å². The van der Waals surface area contributed by atoms with E-state index < -0.39 is 0 Å². The van der Waals surface area contributed by atoms with Crippen molar-refractivity contribution in [3.8, 4) is 0 Å². The minimum absolute atomic E-state index is 0.0825. The second-order valence-electron chi connectivity index (χ2n) is 7.42. The van der Waals surface area contributed by atoms with Crippen LogP contribution >= 0.6 is 0 Å². The van der Waals surface area contributed by atoms with Gasteiger partial charge in [0.1, 0.15) is 6.54 Å². The maximum absolute atomic E-state index is 12.7. The molecule has 2 amide bonds. The lowest BCUT2D eigenvalue weighted by Crippen LogP contribution is -2.39. The number of amides is 2. The van der Waals surface area contributed by atoms with E-state index in [0.717, 1.165) is 25.7 Å². The van der Waals surface area contributed by atoms with Crippen molar-refractivity contribution in [3.05, 3.63) is 47.8 Å². The van der Waals surface area contributed by atoms with Crippen molar-refractivity contribution < 1.29 is 9.59 Å². The Morgan fingerprint density at radius 1 is 1.07 bits per heavy atom. The lowest BCUT2D eigenvalue weighted by atomic mass is 9.81. The first-order chi connectivity index (χ1) is 13.0. The van der Waals surface area contributed by atoms with E-state index >= 15 is 0 Å². The second-order valence-corrected chi connectivity index (χ2v) is 7.42. The van der Waals surface area contributed by atoms with Crippen molar-refractivity contribution in [2.75, 3.05) is 21.1 Å². The van der Waals surface area contributed by atoms with Gasteiger partial charge in [-0.3, -0.25) is 9.59 Å². The molecule has 0 aliphatic heterocycles. The van der Waals surface area contributed by atoms with Gasteiger partial charge in [-0.05, 0) is 37.2 Å². The molecule has 1 aromatic heterocycles. The van der Waals surface area contributed by atoms with Crippen molar-refractivity contribution in [1.29, 1.82) is 0 Å². The Morgan fingerprint density at radius 3 is 2.37 bits per heavy atom. The van der Waals surface area contributed by atoms with E-state index in [1.807, 2.05) is 13.1 Å². The fourth-order valence-corrected chi connectivity index (χ4v) is 3.62. The average molecular weight is 369 g/mol. The predicted molar refractivity (Wildman–Crippen MR) is 102 cm³/mol. The summed E-state index contributed by atoms with van der Waals surface area (Å²) in [7, 11) is 5.20. The van der Waals surface area contributed by atoms with Gasteiger partial charge in [-0.1, -0.05) is 35.5 Å². The zero-order valence-electron chi connectivity index (χ0n) is 16.2. The van der Waals surface area contributed by atoms with Crippen LogP contribution in [0.3, 0.4) is 0 Å². The van der Waals surface area contributed by atoms with Gasteiger partial charge in [0.05, 0.1) is 6.20 Å². The third kappa shape index (κ3) is 4.53. The number of rotatable bonds is 5. The number of nitrogens with zero attached hydrogens (tertiary/aromatic N) is 5. The summed E-state index contributed by atoms with van der Waals surface area (Å²) in [5, 5.41) is 7.87. The van der Waals surface area contributed by atoms with Crippen LogP contribution in [-0.2, 0) is 11.3 Å². The molecule has 0 saturated heterocycles. The Balaban J connectivity index is 1.57. The molecule has 0 spiro atoms. The van der Waals surface area contributed by atoms with Gasteiger partial charge in [0.25, 0.3) is 5.91 Å². The predicted octanol–water partition coefficient (Wildman–Crippen LogP) is 2.16. The average Bonchev–Trinajstić information content (AvgIpc) is 3.16. The van der Waals surface area contributed by atoms with Crippen LogP contribution in [0.5, 0.6) is 0 Å². The smallest absolute Gasteiger partial charge is 0.276 e. The summed E-state index contributed by atoms with van der Waals surface area (Å²) in [6.07, 6.45) is 5.67. The van der Waals surface area contributed by atoms with Gasteiger partial charge < -0.3 is 9.80 Å². The molecule has 0 radical (unpaired) electrons. The highest BCUT2D eigenvalue weighted by atomic mass is 16.2. The maximum Gasteiger partial charge on any atom is 0.276 e. The van der Waals surface area contributed by atoms with E-state index in [-0.39, 0.29) is 30.1 Å². The first-order valence-electron chi connectivity index (χ1n) is 9.38. The standard InChI is InChI=1S/C20H27N5O2/c1-23(2)19(26)14-25-13-18(21-22-25)20(27)24(3)17-11-9-16(10-12-17)15-7-5-4-6-8-15/h4-8,13,16-17H,9-12,14H2,1-3H3. The van der Waals surface area contributed by atoms with Crippen molar-refractivity contribution >= 4 is 11.8 Å². The van der Waals surface area contributed by atoms with E-state index in [9.17, 15) is 9.59 Å². The van der Waals surface area contributed by atoms with Crippen molar-refractivity contribution in [1.82, 2.24) is 24.8 Å². The fourth-order valence-electron chi connectivity index (χ4n) is 3.62. The molecule has 1 fully saturated rings. The Hall–Kier alpha value is -2.70. The van der Waals surface area contributed by atoms with Crippen molar-refractivity contribution in [2.24, 2.45) is 0 Å².